The molecule has 0 aromatic heterocycles. The SMILES string of the molecule is [AlH3].[LiH].[O-][Cl+2]([O-])O. The molecule has 0 aliphatic rings. The maximum atomic E-state index is 8.52. The molecule has 0 saturated carbocycles. The van der Waals surface area contributed by atoms with Crippen LogP contribution >= 0.6 is 0 Å². The molecule has 0 saturated heterocycles. The summed E-state index contributed by atoms with van der Waals surface area (Å²) in [7, 11) is -2.60. The normalized spacial score (nSPS) is 6.00. The zero-order valence-corrected chi connectivity index (χ0v) is 2.40. The molecule has 0 atom stereocenters. The summed E-state index contributed by atoms with van der Waals surface area (Å²) in [4.78, 5) is 0. The Kier molecular flexibility index (Phi) is 25.0. The molecule has 0 radical (unpaired) electrons. The van der Waals surface area contributed by atoms with Crippen LogP contribution in [0.2, 0.25) is 0 Å². The molecule has 0 heterocycles. The first-order chi connectivity index (χ1) is 1.73. The summed E-state index contributed by atoms with van der Waals surface area (Å²) in [5, 5.41) is 0. The Balaban J connectivity index is -0.0000000450. The van der Waals surface area contributed by atoms with E-state index in [1.807, 2.05) is 0 Å². The molecule has 0 rings (SSSR count). The van der Waals surface area contributed by atoms with Gasteiger partial charge < -0.3 is 9.32 Å². The van der Waals surface area contributed by atoms with E-state index >= 15 is 0 Å². The van der Waals surface area contributed by atoms with Crippen molar-refractivity contribution in [1.82, 2.24) is 0 Å². The summed E-state index contributed by atoms with van der Waals surface area (Å²) in [5.41, 5.74) is 0. The van der Waals surface area contributed by atoms with E-state index in [2.05, 4.69) is 0 Å². The molecular weight excluding hydrogens is 117 g/mol. The Hall–Kier alpha value is 1.30. The average molecular weight is 122 g/mol. The van der Waals surface area contributed by atoms with Gasteiger partial charge in [0.1, 0.15) is 0 Å². The summed E-state index contributed by atoms with van der Waals surface area (Å²) < 4.78 is 24.0. The number of hydrogen-bond donors (Lipinski definition) is 1. The minimum Gasteiger partial charge on any atom is -0.321 e. The zero-order chi connectivity index (χ0) is 3.58. The van der Waals surface area contributed by atoms with E-state index in [1.54, 1.807) is 0 Å². The molecule has 0 unspecified atom stereocenters. The molecule has 1 N–H and O–H groups in total. The number of hydrogen-bond acceptors (Lipinski definition) is 3. The third-order valence-electron chi connectivity index (χ3n) is 0. The van der Waals surface area contributed by atoms with Crippen LogP contribution in [0.25, 0.3) is 0 Å². The fourth-order valence-electron chi connectivity index (χ4n) is 0. The fourth-order valence-corrected chi connectivity index (χ4v) is 0. The van der Waals surface area contributed by atoms with Crippen molar-refractivity contribution in [2.24, 2.45) is 0 Å². The van der Waals surface area contributed by atoms with E-state index in [1.165, 1.54) is 0 Å². The molecule has 0 aliphatic carbocycles. The topological polar surface area (TPSA) is 66.3 Å². The predicted octanol–water partition coefficient (Wildman–Crippen LogP) is -4.77. The summed E-state index contributed by atoms with van der Waals surface area (Å²) in [6.45, 7) is 0. The molecule has 6 heavy (non-hydrogen) atoms. The quantitative estimate of drug-likeness (QED) is 0.328. The Morgan fingerprint density at radius 2 is 1.33 bits per heavy atom. The van der Waals surface area contributed by atoms with E-state index in [-0.39, 0.29) is 36.2 Å². The van der Waals surface area contributed by atoms with Crippen LogP contribution in [0, 0.1) is 10.8 Å². The second kappa shape index (κ2) is 9.57. The van der Waals surface area contributed by atoms with Crippen molar-refractivity contribution in [2.45, 2.75) is 0 Å². The van der Waals surface area contributed by atoms with Gasteiger partial charge in [-0.15, -0.1) is 0 Å². The molecule has 0 aromatic rings. The molecule has 6 heteroatoms. The van der Waals surface area contributed by atoms with E-state index in [9.17, 15) is 0 Å². The van der Waals surface area contributed by atoms with Crippen molar-refractivity contribution in [2.75, 3.05) is 0 Å². The van der Waals surface area contributed by atoms with Crippen molar-refractivity contribution in [1.29, 1.82) is 0 Å². The minimum absolute atomic E-state index is 0. The Labute approximate surface area is 61.1 Å². The maximum absolute atomic E-state index is 8.52. The fraction of sp³-hybridized carbons (Fsp3) is 0. The van der Waals surface area contributed by atoms with Crippen LogP contribution in [-0.4, -0.2) is 40.9 Å². The van der Waals surface area contributed by atoms with Gasteiger partial charge in [-0.1, -0.05) is 0 Å². The third kappa shape index (κ3) is 58.0. The third-order valence-corrected chi connectivity index (χ3v) is 0. The molecule has 0 amide bonds. The molecule has 0 bridgehead atoms. The van der Waals surface area contributed by atoms with Crippen molar-refractivity contribution in [3.63, 3.8) is 0 Å². The monoisotopic (exact) mass is 122 g/mol. The second-order valence-electron chi connectivity index (χ2n) is 0.201. The molecule has 0 fully saturated rings. The molecule has 34 valence electrons. The van der Waals surface area contributed by atoms with E-state index in [0.717, 1.165) is 0 Å². The number of halogens is 1. The van der Waals surface area contributed by atoms with Crippen molar-refractivity contribution < 1.29 is 24.8 Å². The molecule has 0 aliphatic heterocycles. The van der Waals surface area contributed by atoms with Crippen molar-refractivity contribution >= 4 is 36.2 Å². The Morgan fingerprint density at radius 1 is 1.33 bits per heavy atom. The first-order valence-corrected chi connectivity index (χ1v) is 1.43. The largest absolute Gasteiger partial charge is 0.321 e. The summed E-state index contributed by atoms with van der Waals surface area (Å²) in [6.07, 6.45) is 0. The first kappa shape index (κ1) is 15.7. The number of rotatable bonds is 0. The van der Waals surface area contributed by atoms with E-state index in [0.29, 0.717) is 0 Å². The van der Waals surface area contributed by atoms with Crippen LogP contribution in [-0.2, 0) is 0 Å². The van der Waals surface area contributed by atoms with Crippen LogP contribution in [0.3, 0.4) is 0 Å². The van der Waals surface area contributed by atoms with Crippen LogP contribution < -0.4 is 9.32 Å². The summed E-state index contributed by atoms with van der Waals surface area (Å²) in [6, 6.07) is 0. The van der Waals surface area contributed by atoms with Gasteiger partial charge >= 0.3 is 18.9 Å². The van der Waals surface area contributed by atoms with Gasteiger partial charge in [0, 0.05) is 4.66 Å². The zero-order valence-electron chi connectivity index (χ0n) is 1.64. The Bertz CT molecular complexity index is 15.5. The van der Waals surface area contributed by atoms with Crippen LogP contribution in [0.1, 0.15) is 0 Å². The van der Waals surface area contributed by atoms with Gasteiger partial charge in [0.05, 0.1) is 0 Å². The van der Waals surface area contributed by atoms with Crippen LogP contribution in [0.4, 0.5) is 0 Å². The second-order valence-corrected chi connectivity index (χ2v) is 0.603. The van der Waals surface area contributed by atoms with Gasteiger partial charge in [-0.3, -0.25) is 0 Å². The summed E-state index contributed by atoms with van der Waals surface area (Å²) in [5.74, 6) is 0. The van der Waals surface area contributed by atoms with Crippen LogP contribution in [0.15, 0.2) is 0 Å². The van der Waals surface area contributed by atoms with Gasteiger partial charge in [0.25, 0.3) is 10.8 Å². The van der Waals surface area contributed by atoms with Gasteiger partial charge in [0.2, 0.25) is 0 Å². The molecule has 0 spiro atoms. The van der Waals surface area contributed by atoms with Gasteiger partial charge in [-0.25, -0.2) is 0 Å². The predicted molar refractivity (Wildman–Crippen MR) is 19.3 cm³/mol. The molecular formula is H5AlClLiO3. The molecule has 3 nitrogen and oxygen atoms in total. The first-order valence-electron chi connectivity index (χ1n) is 0.478. The average Bonchev–Trinajstić information content (AvgIpc) is 0.811. The van der Waals surface area contributed by atoms with Gasteiger partial charge in [-0.05, 0) is 0 Å². The van der Waals surface area contributed by atoms with Crippen molar-refractivity contribution in [3.05, 3.63) is 0 Å². The smallest absolute Gasteiger partial charge is 0.282 e. The van der Waals surface area contributed by atoms with E-state index in [4.69, 9.17) is 14.0 Å². The standard InChI is InChI=1S/Al.ClHO3.Li.4H/c;2-1(3)4;;;;;/h;2H;;;;;. The summed E-state index contributed by atoms with van der Waals surface area (Å²) >= 11 is 0. The van der Waals surface area contributed by atoms with Crippen LogP contribution in [0.5, 0.6) is 0 Å². The molecule has 0 aromatic carbocycles. The Morgan fingerprint density at radius 3 is 1.33 bits per heavy atom. The van der Waals surface area contributed by atoms with Crippen molar-refractivity contribution in [3.8, 4) is 0 Å². The minimum atomic E-state index is -2.60. The van der Waals surface area contributed by atoms with Gasteiger partial charge in [0.15, 0.2) is 17.4 Å². The van der Waals surface area contributed by atoms with E-state index < -0.39 is 10.8 Å². The van der Waals surface area contributed by atoms with Gasteiger partial charge in [-0.2, -0.15) is 0 Å². The maximum Gasteiger partial charge on any atom is 0.282 e.